The van der Waals surface area contributed by atoms with Gasteiger partial charge in [-0.15, -0.1) is 0 Å². The van der Waals surface area contributed by atoms with Crippen LogP contribution in [0.4, 0.5) is 0 Å². The van der Waals surface area contributed by atoms with E-state index in [2.05, 4.69) is 18.3 Å². The van der Waals surface area contributed by atoms with E-state index in [4.69, 9.17) is 11.6 Å². The molecule has 1 N–H and O–H groups in total. The van der Waals surface area contributed by atoms with Crippen LogP contribution in [0.5, 0.6) is 0 Å². The molecular weight excluding hydrogens is 306 g/mol. The first kappa shape index (κ1) is 16.8. The summed E-state index contributed by atoms with van der Waals surface area (Å²) in [6.07, 6.45) is 2.77. The maximum absolute atomic E-state index is 11.7. The van der Waals surface area contributed by atoms with Gasteiger partial charge in [0.2, 0.25) is 0 Å². The molecule has 2 atom stereocenters. The smallest absolute Gasteiger partial charge is 0.150 e. The van der Waals surface area contributed by atoms with Gasteiger partial charge in [-0.05, 0) is 61.9 Å². The highest BCUT2D eigenvalue weighted by molar-refractivity contribution is 7.91. The van der Waals surface area contributed by atoms with E-state index in [1.165, 1.54) is 5.56 Å². The van der Waals surface area contributed by atoms with Crippen molar-refractivity contribution in [2.75, 3.05) is 24.6 Å². The summed E-state index contributed by atoms with van der Waals surface area (Å²) in [5, 5.41) is 4.19. The first-order valence-corrected chi connectivity index (χ1v) is 9.85. The van der Waals surface area contributed by atoms with Gasteiger partial charge in [0, 0.05) is 5.02 Å². The Kier molecular flexibility index (Phi) is 6.08. The molecular formula is C16H24ClNO2S. The molecule has 1 fully saturated rings. The molecule has 0 amide bonds. The van der Waals surface area contributed by atoms with Crippen molar-refractivity contribution in [3.63, 3.8) is 0 Å². The largest absolute Gasteiger partial charge is 0.316 e. The first-order chi connectivity index (χ1) is 10.00. The van der Waals surface area contributed by atoms with Crippen LogP contribution in [0, 0.1) is 11.8 Å². The molecule has 1 aliphatic heterocycles. The molecule has 0 aromatic heterocycles. The molecule has 2 unspecified atom stereocenters. The Labute approximate surface area is 133 Å². The lowest BCUT2D eigenvalue weighted by Gasteiger charge is -2.23. The van der Waals surface area contributed by atoms with Crippen molar-refractivity contribution in [2.45, 2.75) is 26.2 Å². The lowest BCUT2D eigenvalue weighted by atomic mass is 9.86. The first-order valence-electron chi connectivity index (χ1n) is 7.66. The van der Waals surface area contributed by atoms with Gasteiger partial charge in [-0.3, -0.25) is 0 Å². The van der Waals surface area contributed by atoms with E-state index in [9.17, 15) is 8.42 Å². The Balaban J connectivity index is 2.05. The summed E-state index contributed by atoms with van der Waals surface area (Å²) in [5.74, 6) is 1.30. The van der Waals surface area contributed by atoms with Gasteiger partial charge in [-0.2, -0.15) is 0 Å². The lowest BCUT2D eigenvalue weighted by molar-refractivity contribution is 0.343. The van der Waals surface area contributed by atoms with Crippen molar-refractivity contribution >= 4 is 21.4 Å². The van der Waals surface area contributed by atoms with Gasteiger partial charge in [0.1, 0.15) is 0 Å². The predicted octanol–water partition coefficient (Wildman–Crippen LogP) is 2.93. The van der Waals surface area contributed by atoms with E-state index in [0.717, 1.165) is 37.4 Å². The second-order valence-electron chi connectivity index (χ2n) is 5.96. The SMILES string of the molecule is CCCNCC(Cc1cccc(Cl)c1)C1CCS(=O)(=O)C1. The summed E-state index contributed by atoms with van der Waals surface area (Å²) < 4.78 is 23.5. The summed E-state index contributed by atoms with van der Waals surface area (Å²) in [5.41, 5.74) is 1.19. The Morgan fingerprint density at radius 2 is 2.24 bits per heavy atom. The Hall–Kier alpha value is -0.580. The molecule has 5 heteroatoms. The van der Waals surface area contributed by atoms with Crippen LogP contribution >= 0.6 is 11.6 Å². The molecule has 2 rings (SSSR count). The highest BCUT2D eigenvalue weighted by Crippen LogP contribution is 2.29. The summed E-state index contributed by atoms with van der Waals surface area (Å²) in [6, 6.07) is 7.88. The molecule has 1 aliphatic rings. The van der Waals surface area contributed by atoms with Crippen LogP contribution in [0.15, 0.2) is 24.3 Å². The average Bonchev–Trinajstić information content (AvgIpc) is 2.78. The Morgan fingerprint density at radius 3 is 2.86 bits per heavy atom. The maximum atomic E-state index is 11.7. The molecule has 0 spiro atoms. The highest BCUT2D eigenvalue weighted by Gasteiger charge is 2.33. The van der Waals surface area contributed by atoms with Crippen LogP contribution in [0.3, 0.4) is 0 Å². The third-order valence-electron chi connectivity index (χ3n) is 4.15. The normalized spacial score (nSPS) is 22.3. The van der Waals surface area contributed by atoms with E-state index in [1.54, 1.807) is 0 Å². The summed E-state index contributed by atoms with van der Waals surface area (Å²) >= 11 is 6.05. The van der Waals surface area contributed by atoms with Gasteiger partial charge in [0.05, 0.1) is 11.5 Å². The van der Waals surface area contributed by atoms with Crippen molar-refractivity contribution in [1.29, 1.82) is 0 Å². The maximum Gasteiger partial charge on any atom is 0.150 e. The van der Waals surface area contributed by atoms with Gasteiger partial charge in [-0.25, -0.2) is 8.42 Å². The summed E-state index contributed by atoms with van der Waals surface area (Å²) in [4.78, 5) is 0. The number of benzene rings is 1. The number of halogens is 1. The summed E-state index contributed by atoms with van der Waals surface area (Å²) in [7, 11) is -2.83. The minimum Gasteiger partial charge on any atom is -0.316 e. The topological polar surface area (TPSA) is 46.2 Å². The molecule has 0 bridgehead atoms. The fourth-order valence-electron chi connectivity index (χ4n) is 3.03. The van der Waals surface area contributed by atoms with Crippen molar-refractivity contribution in [1.82, 2.24) is 5.32 Å². The third kappa shape index (κ3) is 5.28. The van der Waals surface area contributed by atoms with Crippen LogP contribution in [-0.4, -0.2) is 33.0 Å². The molecule has 1 saturated heterocycles. The molecule has 21 heavy (non-hydrogen) atoms. The minimum absolute atomic E-state index is 0.262. The summed E-state index contributed by atoms with van der Waals surface area (Å²) in [6.45, 7) is 3.99. The Bertz CT molecular complexity index is 559. The molecule has 1 aromatic carbocycles. The van der Waals surface area contributed by atoms with Gasteiger partial charge in [-0.1, -0.05) is 30.7 Å². The van der Waals surface area contributed by atoms with Crippen molar-refractivity contribution < 1.29 is 8.42 Å². The zero-order valence-electron chi connectivity index (χ0n) is 12.5. The van der Waals surface area contributed by atoms with E-state index in [0.29, 0.717) is 17.4 Å². The number of sulfone groups is 1. The van der Waals surface area contributed by atoms with Gasteiger partial charge < -0.3 is 5.32 Å². The zero-order valence-corrected chi connectivity index (χ0v) is 14.1. The standard InChI is InChI=1S/C16H24ClNO2S/c1-2-7-18-11-15(14-6-8-21(19,20)12-14)9-13-4-3-5-16(17)10-13/h3-5,10,14-15,18H,2,6-9,11-12H2,1H3. The van der Waals surface area contributed by atoms with E-state index in [-0.39, 0.29) is 5.92 Å². The second-order valence-corrected chi connectivity index (χ2v) is 8.63. The third-order valence-corrected chi connectivity index (χ3v) is 6.18. The molecule has 1 heterocycles. The van der Waals surface area contributed by atoms with Crippen molar-refractivity contribution in [2.24, 2.45) is 11.8 Å². The zero-order chi connectivity index (χ0) is 15.3. The van der Waals surface area contributed by atoms with Crippen LogP contribution in [0.2, 0.25) is 5.02 Å². The molecule has 3 nitrogen and oxygen atoms in total. The van der Waals surface area contributed by atoms with Crippen LogP contribution in [0.25, 0.3) is 0 Å². The monoisotopic (exact) mass is 329 g/mol. The van der Waals surface area contributed by atoms with Gasteiger partial charge in [0.25, 0.3) is 0 Å². The average molecular weight is 330 g/mol. The number of hydrogen-bond donors (Lipinski definition) is 1. The molecule has 0 radical (unpaired) electrons. The Morgan fingerprint density at radius 1 is 1.43 bits per heavy atom. The number of rotatable bonds is 7. The van der Waals surface area contributed by atoms with Crippen LogP contribution in [0.1, 0.15) is 25.3 Å². The van der Waals surface area contributed by atoms with Gasteiger partial charge >= 0.3 is 0 Å². The quantitative estimate of drug-likeness (QED) is 0.782. The molecule has 0 saturated carbocycles. The van der Waals surface area contributed by atoms with E-state index >= 15 is 0 Å². The molecule has 0 aliphatic carbocycles. The minimum atomic E-state index is -2.83. The molecule has 1 aromatic rings. The highest BCUT2D eigenvalue weighted by atomic mass is 35.5. The van der Waals surface area contributed by atoms with Crippen molar-refractivity contribution in [3.05, 3.63) is 34.9 Å². The van der Waals surface area contributed by atoms with Crippen LogP contribution < -0.4 is 5.32 Å². The van der Waals surface area contributed by atoms with Gasteiger partial charge in [0.15, 0.2) is 9.84 Å². The lowest BCUT2D eigenvalue weighted by Crippen LogP contribution is -2.31. The molecule has 118 valence electrons. The van der Waals surface area contributed by atoms with Crippen LogP contribution in [-0.2, 0) is 16.3 Å². The fraction of sp³-hybridized carbons (Fsp3) is 0.625. The van der Waals surface area contributed by atoms with Crippen molar-refractivity contribution in [3.8, 4) is 0 Å². The number of hydrogen-bond acceptors (Lipinski definition) is 3. The second kappa shape index (κ2) is 7.61. The number of nitrogens with one attached hydrogen (secondary N) is 1. The predicted molar refractivity (Wildman–Crippen MR) is 88.6 cm³/mol. The van der Waals surface area contributed by atoms with E-state index < -0.39 is 9.84 Å². The fourth-order valence-corrected chi connectivity index (χ4v) is 5.16. The van der Waals surface area contributed by atoms with E-state index in [1.807, 2.05) is 18.2 Å².